The van der Waals surface area contributed by atoms with Crippen LogP contribution in [-0.2, 0) is 26.2 Å². The van der Waals surface area contributed by atoms with Crippen molar-refractivity contribution in [2.24, 2.45) is 0 Å². The van der Waals surface area contributed by atoms with Gasteiger partial charge in [-0.2, -0.15) is 17.0 Å². The molecule has 156 valence electrons. The first-order valence-corrected chi connectivity index (χ1v) is 11.1. The van der Waals surface area contributed by atoms with Gasteiger partial charge in [-0.1, -0.05) is 18.2 Å². The van der Waals surface area contributed by atoms with E-state index in [4.69, 9.17) is 4.74 Å². The van der Waals surface area contributed by atoms with Crippen molar-refractivity contribution < 1.29 is 22.3 Å². The number of morpholine rings is 1. The molecular weight excluding hydrogens is 385 g/mol. The van der Waals surface area contributed by atoms with Crippen molar-refractivity contribution in [3.05, 3.63) is 35.6 Å². The summed E-state index contributed by atoms with van der Waals surface area (Å²) in [5.74, 6) is -0.380. The molecule has 0 unspecified atom stereocenters. The molecule has 0 saturated carbocycles. The maximum Gasteiger partial charge on any atom is 0.282 e. The molecule has 9 heteroatoms. The van der Waals surface area contributed by atoms with Gasteiger partial charge < -0.3 is 9.64 Å². The van der Waals surface area contributed by atoms with Crippen LogP contribution in [0.5, 0.6) is 0 Å². The number of hydrogen-bond acceptors (Lipinski definition) is 4. The van der Waals surface area contributed by atoms with E-state index in [0.717, 1.165) is 0 Å². The molecule has 1 aromatic rings. The Morgan fingerprint density at radius 3 is 2.29 bits per heavy atom. The Hall–Kier alpha value is -1.55. The van der Waals surface area contributed by atoms with Gasteiger partial charge in [0.25, 0.3) is 10.2 Å². The second-order valence-corrected chi connectivity index (χ2v) is 9.38. The van der Waals surface area contributed by atoms with E-state index in [2.05, 4.69) is 0 Å². The third kappa shape index (κ3) is 4.89. The van der Waals surface area contributed by atoms with E-state index in [9.17, 15) is 17.6 Å². The molecule has 0 bridgehead atoms. The molecule has 2 saturated heterocycles. The fourth-order valence-corrected chi connectivity index (χ4v) is 5.50. The fourth-order valence-electron chi connectivity index (χ4n) is 3.75. The van der Waals surface area contributed by atoms with Crippen molar-refractivity contribution in [1.82, 2.24) is 13.5 Å². The number of rotatable bonds is 5. The highest BCUT2D eigenvalue weighted by molar-refractivity contribution is 7.86. The molecule has 2 fully saturated rings. The smallest absolute Gasteiger partial charge is 0.282 e. The summed E-state index contributed by atoms with van der Waals surface area (Å²) < 4.78 is 48.0. The molecular formula is C19H28FN3O4S. The van der Waals surface area contributed by atoms with E-state index >= 15 is 0 Å². The summed E-state index contributed by atoms with van der Waals surface area (Å²) in [5, 5.41) is 0. The van der Waals surface area contributed by atoms with Gasteiger partial charge >= 0.3 is 0 Å². The molecule has 1 aromatic carbocycles. The van der Waals surface area contributed by atoms with Crippen LogP contribution in [0, 0.1) is 5.82 Å². The van der Waals surface area contributed by atoms with Crippen LogP contribution in [0.15, 0.2) is 24.3 Å². The third-order valence-electron chi connectivity index (χ3n) is 5.20. The Kier molecular flexibility index (Phi) is 6.69. The third-order valence-corrected chi connectivity index (χ3v) is 7.16. The van der Waals surface area contributed by atoms with Crippen molar-refractivity contribution in [2.45, 2.75) is 38.9 Å². The first-order valence-electron chi connectivity index (χ1n) is 9.69. The van der Waals surface area contributed by atoms with Gasteiger partial charge in [0.05, 0.1) is 12.2 Å². The number of carbonyl (C=O) groups excluding carboxylic acids is 1. The number of benzene rings is 1. The first-order chi connectivity index (χ1) is 13.3. The van der Waals surface area contributed by atoms with Crippen LogP contribution in [0.1, 0.15) is 25.8 Å². The van der Waals surface area contributed by atoms with Crippen molar-refractivity contribution in [3.8, 4) is 0 Å². The van der Waals surface area contributed by atoms with E-state index in [-0.39, 0.29) is 43.4 Å². The van der Waals surface area contributed by atoms with E-state index < -0.39 is 10.2 Å². The second-order valence-electron chi connectivity index (χ2n) is 7.45. The summed E-state index contributed by atoms with van der Waals surface area (Å²) in [6.07, 6.45) is 0.277. The van der Waals surface area contributed by atoms with Crippen molar-refractivity contribution in [2.75, 3.05) is 39.3 Å². The van der Waals surface area contributed by atoms with Gasteiger partial charge in [0, 0.05) is 45.7 Å². The summed E-state index contributed by atoms with van der Waals surface area (Å²) in [6, 6.07) is 6.43. The monoisotopic (exact) mass is 413 g/mol. The Bertz CT molecular complexity index is 786. The van der Waals surface area contributed by atoms with Gasteiger partial charge in [0.2, 0.25) is 5.91 Å². The molecule has 2 atom stereocenters. The largest absolute Gasteiger partial charge is 0.373 e. The minimum atomic E-state index is -3.56. The summed E-state index contributed by atoms with van der Waals surface area (Å²) in [5.41, 5.74) is 0.521. The molecule has 2 heterocycles. The molecule has 0 spiro atoms. The number of amides is 1. The Morgan fingerprint density at radius 2 is 1.68 bits per heavy atom. The maximum absolute atomic E-state index is 13.7. The summed E-state index contributed by atoms with van der Waals surface area (Å²) >= 11 is 0. The van der Waals surface area contributed by atoms with Crippen LogP contribution < -0.4 is 0 Å². The normalized spacial score (nSPS) is 25.0. The van der Waals surface area contributed by atoms with Crippen LogP contribution >= 0.6 is 0 Å². The summed E-state index contributed by atoms with van der Waals surface area (Å²) in [4.78, 5) is 14.1. The zero-order chi connectivity index (χ0) is 20.3. The minimum Gasteiger partial charge on any atom is -0.373 e. The molecule has 0 radical (unpaired) electrons. The lowest BCUT2D eigenvalue weighted by atomic mass is 10.1. The molecule has 0 N–H and O–H groups in total. The molecule has 1 amide bonds. The SMILES string of the molecule is C[C@@H]1CN(S(=O)(=O)N2CCN(C(=O)CCc3ccccc3F)CC2)C[C@@H](C)O1. The van der Waals surface area contributed by atoms with E-state index in [1.807, 2.05) is 13.8 Å². The number of nitrogens with zero attached hydrogens (tertiary/aromatic N) is 3. The zero-order valence-corrected chi connectivity index (χ0v) is 17.2. The standard InChI is InChI=1S/C19H28FN3O4S/c1-15-13-23(14-16(2)27-15)28(25,26)22-11-9-21(10-12-22)19(24)8-7-17-5-3-4-6-18(17)20/h3-6,15-16H,7-14H2,1-2H3/t15-,16-/m1/s1. The van der Waals surface area contributed by atoms with Gasteiger partial charge in [-0.25, -0.2) is 4.39 Å². The van der Waals surface area contributed by atoms with Gasteiger partial charge in [-0.15, -0.1) is 0 Å². The zero-order valence-electron chi connectivity index (χ0n) is 16.4. The summed E-state index contributed by atoms with van der Waals surface area (Å²) in [7, 11) is -3.56. The van der Waals surface area contributed by atoms with Crippen LogP contribution in [0.2, 0.25) is 0 Å². The number of aryl methyl sites for hydroxylation is 1. The van der Waals surface area contributed by atoms with Gasteiger partial charge in [-0.05, 0) is 31.9 Å². The van der Waals surface area contributed by atoms with E-state index in [1.165, 1.54) is 14.7 Å². The molecule has 3 rings (SSSR count). The fraction of sp³-hybridized carbons (Fsp3) is 0.632. The highest BCUT2D eigenvalue weighted by Crippen LogP contribution is 2.19. The predicted octanol–water partition coefficient (Wildman–Crippen LogP) is 1.26. The number of hydrogen-bond donors (Lipinski definition) is 0. The van der Waals surface area contributed by atoms with E-state index in [1.54, 1.807) is 23.1 Å². The van der Waals surface area contributed by atoms with Crippen LogP contribution in [0.4, 0.5) is 4.39 Å². The second kappa shape index (κ2) is 8.86. The lowest BCUT2D eigenvalue weighted by molar-refractivity contribution is -0.132. The molecule has 2 aliphatic rings. The number of halogens is 1. The Morgan fingerprint density at radius 1 is 1.07 bits per heavy atom. The van der Waals surface area contributed by atoms with Crippen molar-refractivity contribution in [1.29, 1.82) is 0 Å². The number of piperazine rings is 1. The first kappa shape index (κ1) is 21.2. The highest BCUT2D eigenvalue weighted by atomic mass is 32.2. The van der Waals surface area contributed by atoms with Crippen molar-refractivity contribution in [3.63, 3.8) is 0 Å². The van der Waals surface area contributed by atoms with Crippen LogP contribution in [0.25, 0.3) is 0 Å². The van der Waals surface area contributed by atoms with E-state index in [0.29, 0.717) is 38.2 Å². The molecule has 0 aliphatic carbocycles. The Balaban J connectivity index is 1.52. The lowest BCUT2D eigenvalue weighted by Crippen LogP contribution is -2.57. The molecule has 0 aromatic heterocycles. The van der Waals surface area contributed by atoms with Crippen LogP contribution in [-0.4, -0.2) is 79.3 Å². The molecule has 7 nitrogen and oxygen atoms in total. The number of ether oxygens (including phenoxy) is 1. The van der Waals surface area contributed by atoms with Gasteiger partial charge in [0.1, 0.15) is 5.82 Å². The minimum absolute atomic E-state index is 0.0751. The maximum atomic E-state index is 13.7. The van der Waals surface area contributed by atoms with Gasteiger partial charge in [0.15, 0.2) is 0 Å². The predicted molar refractivity (Wildman–Crippen MR) is 103 cm³/mol. The number of carbonyl (C=O) groups is 1. The van der Waals surface area contributed by atoms with Crippen LogP contribution in [0.3, 0.4) is 0 Å². The van der Waals surface area contributed by atoms with Gasteiger partial charge in [-0.3, -0.25) is 4.79 Å². The lowest BCUT2D eigenvalue weighted by Gasteiger charge is -2.40. The average molecular weight is 414 g/mol. The molecule has 28 heavy (non-hydrogen) atoms. The Labute approximate surface area is 166 Å². The topological polar surface area (TPSA) is 70.2 Å². The molecule has 2 aliphatic heterocycles. The quantitative estimate of drug-likeness (QED) is 0.729. The average Bonchev–Trinajstić information content (AvgIpc) is 2.66. The summed E-state index contributed by atoms with van der Waals surface area (Å²) in [6.45, 7) is 5.66. The highest BCUT2D eigenvalue weighted by Gasteiger charge is 2.37. The van der Waals surface area contributed by atoms with Crippen molar-refractivity contribution >= 4 is 16.1 Å².